The molecular formula is C19H18Br2N2O3. The van der Waals surface area contributed by atoms with E-state index in [1.165, 1.54) is 0 Å². The van der Waals surface area contributed by atoms with Gasteiger partial charge in [-0.1, -0.05) is 28.1 Å². The van der Waals surface area contributed by atoms with Crippen LogP contribution in [-0.2, 0) is 16.1 Å². The Hall–Kier alpha value is -1.86. The number of amides is 2. The van der Waals surface area contributed by atoms with Gasteiger partial charge < -0.3 is 15.4 Å². The Morgan fingerprint density at radius 3 is 2.65 bits per heavy atom. The van der Waals surface area contributed by atoms with E-state index in [0.29, 0.717) is 12.3 Å². The molecule has 0 spiro atoms. The summed E-state index contributed by atoms with van der Waals surface area (Å²) in [6, 6.07) is 13.0. The topological polar surface area (TPSA) is 67.4 Å². The minimum atomic E-state index is -0.216. The average Bonchev–Trinajstić information content (AvgIpc) is 3.45. The van der Waals surface area contributed by atoms with Gasteiger partial charge in [-0.25, -0.2) is 0 Å². The highest BCUT2D eigenvalue weighted by Crippen LogP contribution is 2.30. The average molecular weight is 482 g/mol. The number of ether oxygens (including phenoxy) is 1. The molecule has 0 bridgehead atoms. The van der Waals surface area contributed by atoms with Gasteiger partial charge in [0.2, 0.25) is 5.91 Å². The van der Waals surface area contributed by atoms with Crippen LogP contribution in [0.2, 0.25) is 0 Å². The first-order valence-electron chi connectivity index (χ1n) is 8.25. The lowest BCUT2D eigenvalue weighted by atomic mass is 10.2. The van der Waals surface area contributed by atoms with E-state index in [-0.39, 0.29) is 24.3 Å². The lowest BCUT2D eigenvalue weighted by molar-refractivity contribution is -0.123. The molecule has 1 saturated carbocycles. The second-order valence-electron chi connectivity index (χ2n) is 6.10. The third kappa shape index (κ3) is 5.57. The van der Waals surface area contributed by atoms with Crippen molar-refractivity contribution in [2.75, 3.05) is 11.9 Å². The molecule has 7 heteroatoms. The van der Waals surface area contributed by atoms with Gasteiger partial charge in [0.1, 0.15) is 5.75 Å². The molecule has 5 nitrogen and oxygen atoms in total. The predicted molar refractivity (Wildman–Crippen MR) is 107 cm³/mol. The number of rotatable bonds is 7. The molecule has 0 aromatic heterocycles. The number of carbonyl (C=O) groups is 2. The van der Waals surface area contributed by atoms with Gasteiger partial charge in [-0.05, 0) is 64.7 Å². The SMILES string of the molecule is O=C(COc1ccc(Br)cc1Br)NCc1cccc(NC(=O)C2CC2)c1. The first-order chi connectivity index (χ1) is 12.5. The van der Waals surface area contributed by atoms with Crippen LogP contribution in [-0.4, -0.2) is 18.4 Å². The van der Waals surface area contributed by atoms with Crippen LogP contribution < -0.4 is 15.4 Å². The molecule has 0 radical (unpaired) electrons. The lowest BCUT2D eigenvalue weighted by Gasteiger charge is -2.10. The highest BCUT2D eigenvalue weighted by molar-refractivity contribution is 9.11. The van der Waals surface area contributed by atoms with E-state index in [4.69, 9.17) is 4.74 Å². The van der Waals surface area contributed by atoms with E-state index in [1.54, 1.807) is 6.07 Å². The van der Waals surface area contributed by atoms with Crippen molar-refractivity contribution < 1.29 is 14.3 Å². The van der Waals surface area contributed by atoms with E-state index < -0.39 is 0 Å². The summed E-state index contributed by atoms with van der Waals surface area (Å²) in [5, 5.41) is 5.72. The van der Waals surface area contributed by atoms with Crippen molar-refractivity contribution in [2.45, 2.75) is 19.4 Å². The molecule has 26 heavy (non-hydrogen) atoms. The summed E-state index contributed by atoms with van der Waals surface area (Å²) in [7, 11) is 0. The van der Waals surface area contributed by atoms with Gasteiger partial charge in [0.25, 0.3) is 5.91 Å². The second kappa shape index (κ2) is 8.68. The highest BCUT2D eigenvalue weighted by Gasteiger charge is 2.29. The molecule has 0 heterocycles. The molecule has 3 rings (SSSR count). The van der Waals surface area contributed by atoms with E-state index in [9.17, 15) is 9.59 Å². The van der Waals surface area contributed by atoms with Crippen LogP contribution in [0.25, 0.3) is 0 Å². The number of halogens is 2. The third-order valence-corrected chi connectivity index (χ3v) is 5.00. The summed E-state index contributed by atoms with van der Waals surface area (Å²) in [5.74, 6) is 0.619. The largest absolute Gasteiger partial charge is 0.483 e. The second-order valence-corrected chi connectivity index (χ2v) is 7.87. The van der Waals surface area contributed by atoms with Gasteiger partial charge in [0, 0.05) is 22.6 Å². The molecule has 0 unspecified atom stereocenters. The standard InChI is InChI=1S/C19H18Br2N2O3/c20-14-6-7-17(16(21)9-14)26-11-18(24)22-10-12-2-1-3-15(8-12)23-19(25)13-4-5-13/h1-3,6-9,13H,4-5,10-11H2,(H,22,24)(H,23,25). The number of hydrogen-bond acceptors (Lipinski definition) is 3. The number of hydrogen-bond donors (Lipinski definition) is 2. The normalized spacial score (nSPS) is 13.2. The van der Waals surface area contributed by atoms with Gasteiger partial charge in [-0.2, -0.15) is 0 Å². The molecule has 1 fully saturated rings. The van der Waals surface area contributed by atoms with Gasteiger partial charge >= 0.3 is 0 Å². The van der Waals surface area contributed by atoms with Crippen LogP contribution in [0.5, 0.6) is 5.75 Å². The third-order valence-electron chi connectivity index (χ3n) is 3.89. The fourth-order valence-corrected chi connectivity index (χ4v) is 3.50. The van der Waals surface area contributed by atoms with E-state index in [0.717, 1.165) is 33.0 Å². The van der Waals surface area contributed by atoms with Crippen molar-refractivity contribution >= 4 is 49.4 Å². The first-order valence-corrected chi connectivity index (χ1v) is 9.84. The Balaban J connectivity index is 1.47. The van der Waals surface area contributed by atoms with Gasteiger partial charge in [-0.3, -0.25) is 9.59 Å². The van der Waals surface area contributed by atoms with Crippen LogP contribution in [0.3, 0.4) is 0 Å². The molecule has 0 saturated heterocycles. The summed E-state index contributed by atoms with van der Waals surface area (Å²) in [6.07, 6.45) is 1.94. The Bertz CT molecular complexity index is 822. The molecule has 136 valence electrons. The Morgan fingerprint density at radius 1 is 1.12 bits per heavy atom. The predicted octanol–water partition coefficient (Wildman–Crippen LogP) is 4.26. The van der Waals surface area contributed by atoms with Gasteiger partial charge in [-0.15, -0.1) is 0 Å². The van der Waals surface area contributed by atoms with Gasteiger partial charge in [0.15, 0.2) is 6.61 Å². The molecule has 2 N–H and O–H groups in total. The summed E-state index contributed by atoms with van der Waals surface area (Å²) >= 11 is 6.76. The van der Waals surface area contributed by atoms with Crippen molar-refractivity contribution in [1.82, 2.24) is 5.32 Å². The smallest absolute Gasteiger partial charge is 0.258 e. The van der Waals surface area contributed by atoms with Crippen LogP contribution in [0, 0.1) is 5.92 Å². The Morgan fingerprint density at radius 2 is 1.92 bits per heavy atom. The molecule has 1 aliphatic rings. The number of carbonyl (C=O) groups excluding carboxylic acids is 2. The summed E-state index contributed by atoms with van der Waals surface area (Å²) in [4.78, 5) is 23.8. The van der Waals surface area contributed by atoms with Crippen molar-refractivity contribution in [3.8, 4) is 5.75 Å². The summed E-state index contributed by atoms with van der Waals surface area (Å²) < 4.78 is 7.22. The van der Waals surface area contributed by atoms with Crippen molar-refractivity contribution in [3.05, 3.63) is 57.0 Å². The Kier molecular flexibility index (Phi) is 6.32. The monoisotopic (exact) mass is 480 g/mol. The molecular weight excluding hydrogens is 464 g/mol. The van der Waals surface area contributed by atoms with Crippen molar-refractivity contribution in [3.63, 3.8) is 0 Å². The minimum Gasteiger partial charge on any atom is -0.483 e. The fraction of sp³-hybridized carbons (Fsp3) is 0.263. The first kappa shape index (κ1) is 18.9. The molecule has 1 aliphatic carbocycles. The quantitative estimate of drug-likeness (QED) is 0.621. The summed E-state index contributed by atoms with van der Waals surface area (Å²) in [5.41, 5.74) is 1.67. The van der Waals surface area contributed by atoms with Crippen LogP contribution in [0.4, 0.5) is 5.69 Å². The maximum atomic E-state index is 12.0. The lowest BCUT2D eigenvalue weighted by Crippen LogP contribution is -2.28. The minimum absolute atomic E-state index is 0.0691. The van der Waals surface area contributed by atoms with Crippen LogP contribution in [0.15, 0.2) is 51.4 Å². The van der Waals surface area contributed by atoms with Crippen LogP contribution in [0.1, 0.15) is 18.4 Å². The molecule has 0 aliphatic heterocycles. The zero-order valence-corrected chi connectivity index (χ0v) is 17.1. The Labute approximate surface area is 168 Å². The molecule has 2 aromatic carbocycles. The molecule has 2 aromatic rings. The van der Waals surface area contributed by atoms with E-state index >= 15 is 0 Å². The summed E-state index contributed by atoms with van der Waals surface area (Å²) in [6.45, 7) is 0.301. The molecule has 0 atom stereocenters. The maximum absolute atomic E-state index is 12.0. The highest BCUT2D eigenvalue weighted by atomic mass is 79.9. The fourth-order valence-electron chi connectivity index (χ4n) is 2.34. The van der Waals surface area contributed by atoms with E-state index in [2.05, 4.69) is 42.5 Å². The number of nitrogens with one attached hydrogen (secondary N) is 2. The zero-order chi connectivity index (χ0) is 18.5. The van der Waals surface area contributed by atoms with Crippen molar-refractivity contribution in [2.24, 2.45) is 5.92 Å². The van der Waals surface area contributed by atoms with Gasteiger partial charge in [0.05, 0.1) is 4.47 Å². The van der Waals surface area contributed by atoms with Crippen LogP contribution >= 0.6 is 31.9 Å². The van der Waals surface area contributed by atoms with E-state index in [1.807, 2.05) is 36.4 Å². The van der Waals surface area contributed by atoms with Crippen molar-refractivity contribution in [1.29, 1.82) is 0 Å². The number of benzene rings is 2. The zero-order valence-electron chi connectivity index (χ0n) is 13.9. The maximum Gasteiger partial charge on any atom is 0.258 e. The molecule has 2 amide bonds. The number of anilines is 1.